The first-order valence-corrected chi connectivity index (χ1v) is 31.1. The van der Waals surface area contributed by atoms with E-state index in [1.165, 1.54) is 10.4 Å². The van der Waals surface area contributed by atoms with Gasteiger partial charge in [0, 0.05) is 65.8 Å². The molecule has 7 nitrogen and oxygen atoms in total. The van der Waals surface area contributed by atoms with Crippen LogP contribution in [0.3, 0.4) is 0 Å². The Morgan fingerprint density at radius 2 is 0.746 bits per heavy atom. The molecular weight excluding hydrogens is 903 g/mol. The van der Waals surface area contributed by atoms with Crippen LogP contribution in [0, 0.1) is 22.7 Å². The molecule has 71 heavy (non-hydrogen) atoms. The highest BCUT2D eigenvalue weighted by molar-refractivity contribution is 6.89. The number of fused-ring (bicyclic) bond motifs is 14. The van der Waals surface area contributed by atoms with Crippen molar-refractivity contribution in [1.29, 1.82) is 10.5 Å². The van der Waals surface area contributed by atoms with Crippen molar-refractivity contribution in [3.05, 3.63) is 187 Å². The molecular formula is C62H47N5O2Si2. The van der Waals surface area contributed by atoms with E-state index in [0.717, 1.165) is 116 Å². The van der Waals surface area contributed by atoms with Crippen LogP contribution in [0.4, 0.5) is 34.1 Å². The van der Waals surface area contributed by atoms with E-state index in [0.29, 0.717) is 11.1 Å². The van der Waals surface area contributed by atoms with Crippen LogP contribution in [-0.4, -0.2) is 20.5 Å². The fourth-order valence-electron chi connectivity index (χ4n) is 10.9. The van der Waals surface area contributed by atoms with E-state index in [4.69, 9.17) is 8.83 Å². The summed E-state index contributed by atoms with van der Waals surface area (Å²) in [5, 5.41) is 30.9. The highest BCUT2D eigenvalue weighted by atomic mass is 28.3. The molecule has 0 radical (unpaired) electrons. The van der Waals surface area contributed by atoms with Gasteiger partial charge in [-0.3, -0.25) is 0 Å². The van der Waals surface area contributed by atoms with Crippen molar-refractivity contribution in [2.24, 2.45) is 0 Å². The Hall–Kier alpha value is -8.61. The Kier molecular flexibility index (Phi) is 9.25. The molecule has 4 aromatic heterocycles. The van der Waals surface area contributed by atoms with Crippen molar-refractivity contribution in [3.63, 3.8) is 0 Å². The van der Waals surface area contributed by atoms with Gasteiger partial charge in [-0.1, -0.05) is 129 Å². The van der Waals surface area contributed by atoms with Gasteiger partial charge >= 0.3 is 0 Å². The average Bonchev–Trinajstić information content (AvgIpc) is 4.14. The number of furan rings is 2. The second-order valence-electron chi connectivity index (χ2n) is 20.8. The zero-order chi connectivity index (χ0) is 48.5. The molecule has 0 amide bonds. The third-order valence-corrected chi connectivity index (χ3v) is 18.6. The summed E-state index contributed by atoms with van der Waals surface area (Å²) in [6.07, 6.45) is 0. The summed E-state index contributed by atoms with van der Waals surface area (Å²) in [6, 6.07) is 66.6. The van der Waals surface area contributed by atoms with Gasteiger partial charge in [0.25, 0.3) is 0 Å². The maximum absolute atomic E-state index is 9.95. The molecule has 4 heterocycles. The van der Waals surface area contributed by atoms with Gasteiger partial charge in [-0.2, -0.15) is 10.5 Å². The lowest BCUT2D eigenvalue weighted by molar-refractivity contribution is 0.670. The lowest BCUT2D eigenvalue weighted by Gasteiger charge is -2.28. The van der Waals surface area contributed by atoms with Gasteiger partial charge in [0.05, 0.1) is 56.3 Å². The Labute approximate surface area is 412 Å². The predicted octanol–water partition coefficient (Wildman–Crippen LogP) is 16.4. The van der Waals surface area contributed by atoms with E-state index in [-0.39, 0.29) is 0 Å². The second kappa shape index (κ2) is 15.4. The van der Waals surface area contributed by atoms with Gasteiger partial charge in [0.15, 0.2) is 11.2 Å². The van der Waals surface area contributed by atoms with E-state index in [1.54, 1.807) is 0 Å². The summed E-state index contributed by atoms with van der Waals surface area (Å²) in [4.78, 5) is 4.70. The van der Waals surface area contributed by atoms with Gasteiger partial charge in [-0.15, -0.1) is 0 Å². The molecule has 0 spiro atoms. The van der Waals surface area contributed by atoms with Gasteiger partial charge < -0.3 is 23.0 Å². The maximum Gasteiger partial charge on any atom is 0.160 e. The van der Waals surface area contributed by atoms with Crippen LogP contribution in [0.25, 0.3) is 82.0 Å². The minimum absolute atomic E-state index is 0.601. The van der Waals surface area contributed by atoms with Gasteiger partial charge in [-0.25, -0.2) is 0 Å². The quantitative estimate of drug-likeness (QED) is 0.141. The summed E-state index contributed by atoms with van der Waals surface area (Å²) in [5.74, 6) is 0. The van der Waals surface area contributed by atoms with E-state index < -0.39 is 16.1 Å². The van der Waals surface area contributed by atoms with Crippen LogP contribution < -0.4 is 20.2 Å². The van der Waals surface area contributed by atoms with Crippen molar-refractivity contribution in [2.75, 3.05) is 9.80 Å². The van der Waals surface area contributed by atoms with Gasteiger partial charge in [0.1, 0.15) is 22.2 Å². The monoisotopic (exact) mass is 949 g/mol. The van der Waals surface area contributed by atoms with Crippen LogP contribution in [0.1, 0.15) is 11.1 Å². The van der Waals surface area contributed by atoms with E-state index in [9.17, 15) is 10.5 Å². The molecule has 0 aliphatic rings. The molecule has 0 saturated heterocycles. The topological polar surface area (TPSA) is 84.8 Å². The second-order valence-corrected chi connectivity index (χ2v) is 31.0. The minimum atomic E-state index is -1.63. The van der Waals surface area contributed by atoms with Crippen molar-refractivity contribution in [3.8, 4) is 12.1 Å². The molecule has 0 unspecified atom stereocenters. The Morgan fingerprint density at radius 1 is 0.394 bits per heavy atom. The summed E-state index contributed by atoms with van der Waals surface area (Å²) < 4.78 is 16.7. The number of nitriles is 2. The molecule has 0 fully saturated rings. The summed E-state index contributed by atoms with van der Waals surface area (Å²) in [7, 11) is -3.26. The number of hydrogen-bond acceptors (Lipinski definition) is 6. The molecule has 9 heteroatoms. The minimum Gasteiger partial charge on any atom is -0.454 e. The third-order valence-electron chi connectivity index (χ3n) is 14.5. The number of nitrogens with zero attached hydrogens (tertiary/aromatic N) is 5. The molecule has 0 aliphatic heterocycles. The van der Waals surface area contributed by atoms with Crippen LogP contribution in [0.2, 0.25) is 39.3 Å². The molecule has 0 bridgehead atoms. The maximum atomic E-state index is 9.95. The number of anilines is 6. The molecule has 0 N–H and O–H groups in total. The Balaban J connectivity index is 1.22. The van der Waals surface area contributed by atoms with Crippen LogP contribution in [0.15, 0.2) is 185 Å². The predicted molar refractivity (Wildman–Crippen MR) is 300 cm³/mol. The van der Waals surface area contributed by atoms with Gasteiger partial charge in [0.2, 0.25) is 0 Å². The first kappa shape index (κ1) is 42.5. The van der Waals surface area contributed by atoms with Crippen molar-refractivity contribution >= 4 is 143 Å². The molecule has 13 aromatic rings. The van der Waals surface area contributed by atoms with Crippen molar-refractivity contribution in [2.45, 2.75) is 39.3 Å². The van der Waals surface area contributed by atoms with E-state index in [2.05, 4.69) is 205 Å². The molecule has 0 atom stereocenters. The van der Waals surface area contributed by atoms with E-state index in [1.807, 2.05) is 36.4 Å². The first-order chi connectivity index (χ1) is 34.4. The van der Waals surface area contributed by atoms with Crippen molar-refractivity contribution in [1.82, 2.24) is 4.40 Å². The summed E-state index contributed by atoms with van der Waals surface area (Å²) in [6.45, 7) is 14.3. The number of aromatic nitrogens is 1. The van der Waals surface area contributed by atoms with Gasteiger partial charge in [-0.05, 0) is 97.1 Å². The molecule has 0 aliphatic carbocycles. The lowest BCUT2D eigenvalue weighted by atomic mass is 10.0. The van der Waals surface area contributed by atoms with E-state index >= 15 is 0 Å². The van der Waals surface area contributed by atoms with Crippen LogP contribution in [0.5, 0.6) is 0 Å². The lowest BCUT2D eigenvalue weighted by Crippen LogP contribution is -2.37. The van der Waals surface area contributed by atoms with Crippen molar-refractivity contribution < 1.29 is 8.83 Å². The standard InChI is InChI=1S/C62H47N5O2Si2/c1-70(2,3)44-30-26-42(27-31-44)65(40-22-18-38(36-63)19-23-40)52-34-50-46-12-7-9-16-54(46)68-61(50)59-56(52)48-14-11-15-49-57-53(35-51-47-13-8-10-17-55(47)69-62(51)60(57)67(59)58(48)49)66(41-24-20-39(37-64)21-25-41)43-28-32-45(33-29-43)71(4,5)6/h7-35H,1-6H3. The number of rotatable bonds is 8. The fraction of sp³-hybridized carbons (Fsp3) is 0.0968. The summed E-state index contributed by atoms with van der Waals surface area (Å²) >= 11 is 0. The number of benzene rings is 9. The molecule has 13 rings (SSSR count). The summed E-state index contributed by atoms with van der Waals surface area (Å²) in [5.41, 5.74) is 13.2. The SMILES string of the molecule is C[Si](C)(C)c1ccc(N(c2ccc(C#N)cc2)c2cc3c4ccccc4oc3c3c2c2cccc4c5c(N(c6ccc(C#N)cc6)c6ccc([Si](C)(C)C)cc6)cc6c7ccccc7oc6c5n3c24)cc1. The molecule has 340 valence electrons. The Bertz CT molecular complexity index is 4090. The zero-order valence-electron chi connectivity index (χ0n) is 40.3. The zero-order valence-corrected chi connectivity index (χ0v) is 42.3. The largest absolute Gasteiger partial charge is 0.454 e. The number of para-hydroxylation sites is 3. The molecule has 0 saturated carbocycles. The number of hydrogen-bond donors (Lipinski definition) is 0. The third kappa shape index (κ3) is 6.44. The van der Waals surface area contributed by atoms with Crippen LogP contribution >= 0.6 is 0 Å². The molecule has 9 aromatic carbocycles. The normalized spacial score (nSPS) is 12.3. The highest BCUT2D eigenvalue weighted by Crippen LogP contribution is 2.54. The van der Waals surface area contributed by atoms with Crippen LogP contribution in [-0.2, 0) is 0 Å². The fourth-order valence-corrected chi connectivity index (χ4v) is 13.3. The highest BCUT2D eigenvalue weighted by Gasteiger charge is 2.32. The Morgan fingerprint density at radius 3 is 1.11 bits per heavy atom. The smallest absolute Gasteiger partial charge is 0.160 e. The first-order valence-electron chi connectivity index (χ1n) is 24.1. The average molecular weight is 950 g/mol.